The molecule has 0 saturated heterocycles. The van der Waals surface area contributed by atoms with Crippen LogP contribution in [0.4, 0.5) is 0 Å². The maximum atomic E-state index is 12.6. The van der Waals surface area contributed by atoms with Crippen LogP contribution in [0.15, 0.2) is 39.5 Å². The molecule has 0 radical (unpaired) electrons. The molecule has 130 valence electrons. The molecule has 1 aromatic heterocycles. The fourth-order valence-electron chi connectivity index (χ4n) is 2.59. The van der Waals surface area contributed by atoms with Gasteiger partial charge in [-0.05, 0) is 24.3 Å². The van der Waals surface area contributed by atoms with Crippen molar-refractivity contribution in [1.82, 2.24) is 0 Å². The summed E-state index contributed by atoms with van der Waals surface area (Å²) in [4.78, 5) is 12.6. The number of fused-ring (bicyclic) bond motifs is 1. The Labute approximate surface area is 142 Å². The van der Waals surface area contributed by atoms with Crippen LogP contribution < -0.4 is 19.6 Å². The van der Waals surface area contributed by atoms with Crippen molar-refractivity contribution >= 4 is 11.0 Å². The van der Waals surface area contributed by atoms with Gasteiger partial charge in [0.2, 0.25) is 17.2 Å². The molecule has 7 heteroatoms. The minimum Gasteiger partial charge on any atom is -0.502 e. The number of rotatable bonds is 4. The van der Waals surface area contributed by atoms with E-state index in [4.69, 9.17) is 18.6 Å². The first-order valence-electron chi connectivity index (χ1n) is 7.30. The lowest BCUT2D eigenvalue weighted by atomic mass is 10.1. The molecule has 2 N–H and O–H groups in total. The highest BCUT2D eigenvalue weighted by Crippen LogP contribution is 2.49. The molecule has 25 heavy (non-hydrogen) atoms. The zero-order valence-electron chi connectivity index (χ0n) is 13.8. The molecule has 0 fully saturated rings. The van der Waals surface area contributed by atoms with Gasteiger partial charge in [0.25, 0.3) is 0 Å². The van der Waals surface area contributed by atoms with Crippen molar-refractivity contribution in [2.24, 2.45) is 0 Å². The molecule has 0 atom stereocenters. The third kappa shape index (κ3) is 2.59. The van der Waals surface area contributed by atoms with Crippen molar-refractivity contribution < 1.29 is 28.8 Å². The number of phenols is 2. The first-order chi connectivity index (χ1) is 12.0. The molecule has 0 aliphatic carbocycles. The van der Waals surface area contributed by atoms with Gasteiger partial charge in [-0.15, -0.1) is 0 Å². The molecular formula is C18H16O7. The average Bonchev–Trinajstić information content (AvgIpc) is 2.64. The van der Waals surface area contributed by atoms with Gasteiger partial charge in [0.15, 0.2) is 16.8 Å². The molecule has 0 amide bonds. The second kappa shape index (κ2) is 6.27. The minimum atomic E-state index is -0.597. The minimum absolute atomic E-state index is 0.0113. The first kappa shape index (κ1) is 16.5. The van der Waals surface area contributed by atoms with E-state index in [2.05, 4.69) is 0 Å². The third-order valence-corrected chi connectivity index (χ3v) is 3.82. The topological polar surface area (TPSA) is 98.4 Å². The van der Waals surface area contributed by atoms with Crippen molar-refractivity contribution in [2.45, 2.75) is 0 Å². The lowest BCUT2D eigenvalue weighted by Gasteiger charge is -2.14. The second-order valence-electron chi connectivity index (χ2n) is 5.17. The largest absolute Gasteiger partial charge is 0.502 e. The molecule has 0 aliphatic rings. The van der Waals surface area contributed by atoms with Gasteiger partial charge in [-0.1, -0.05) is 0 Å². The molecule has 0 spiro atoms. The number of hydrogen-bond acceptors (Lipinski definition) is 7. The molecule has 0 saturated carbocycles. The summed E-state index contributed by atoms with van der Waals surface area (Å²) in [5.41, 5.74) is -0.0283. The summed E-state index contributed by atoms with van der Waals surface area (Å²) in [7, 11) is 4.16. The van der Waals surface area contributed by atoms with E-state index in [0.717, 1.165) is 0 Å². The first-order valence-corrected chi connectivity index (χ1v) is 7.30. The number of aromatic hydroxyl groups is 2. The van der Waals surface area contributed by atoms with Gasteiger partial charge in [-0.2, -0.15) is 0 Å². The number of methoxy groups -OCH3 is 3. The Morgan fingerprint density at radius 1 is 0.880 bits per heavy atom. The van der Waals surface area contributed by atoms with Gasteiger partial charge in [0.1, 0.15) is 16.9 Å². The van der Waals surface area contributed by atoms with Crippen LogP contribution in [0.2, 0.25) is 0 Å². The third-order valence-electron chi connectivity index (χ3n) is 3.82. The van der Waals surface area contributed by atoms with E-state index in [1.54, 1.807) is 31.4 Å². The summed E-state index contributed by atoms with van der Waals surface area (Å²) >= 11 is 0. The molecule has 0 unspecified atom stereocenters. The Bertz CT molecular complexity index is 987. The van der Waals surface area contributed by atoms with Crippen LogP contribution in [0.3, 0.4) is 0 Å². The Morgan fingerprint density at radius 3 is 2.08 bits per heavy atom. The predicted octanol–water partition coefficient (Wildman–Crippen LogP) is 2.90. The van der Waals surface area contributed by atoms with Gasteiger partial charge >= 0.3 is 0 Å². The second-order valence-corrected chi connectivity index (χ2v) is 5.17. The average molecular weight is 344 g/mol. The highest BCUT2D eigenvalue weighted by molar-refractivity contribution is 5.95. The van der Waals surface area contributed by atoms with Crippen molar-refractivity contribution in [2.75, 3.05) is 21.3 Å². The van der Waals surface area contributed by atoms with Crippen LogP contribution in [0.5, 0.6) is 28.7 Å². The highest BCUT2D eigenvalue weighted by Gasteiger charge is 2.25. The van der Waals surface area contributed by atoms with Crippen LogP contribution >= 0.6 is 0 Å². The van der Waals surface area contributed by atoms with E-state index in [9.17, 15) is 15.0 Å². The zero-order chi connectivity index (χ0) is 18.1. The molecule has 7 nitrogen and oxygen atoms in total. The molecular weight excluding hydrogens is 328 g/mol. The van der Waals surface area contributed by atoms with Crippen molar-refractivity contribution in [1.29, 1.82) is 0 Å². The Hall–Kier alpha value is -3.35. The van der Waals surface area contributed by atoms with Gasteiger partial charge in [0.05, 0.1) is 21.3 Å². The fourth-order valence-corrected chi connectivity index (χ4v) is 2.59. The highest BCUT2D eigenvalue weighted by atomic mass is 16.5. The van der Waals surface area contributed by atoms with Crippen molar-refractivity contribution in [3.05, 3.63) is 40.6 Å². The van der Waals surface area contributed by atoms with Crippen molar-refractivity contribution in [3.8, 4) is 40.1 Å². The molecule has 1 heterocycles. The monoisotopic (exact) mass is 344 g/mol. The number of benzene rings is 2. The number of phenolic OH excluding ortho intramolecular Hbond substituents is 2. The SMILES string of the molecule is COc1ccc(-c2cc(=O)c3c(OC)c(OC)c(O)c(O)c3o2)cc1. The van der Waals surface area contributed by atoms with Gasteiger partial charge in [0, 0.05) is 11.6 Å². The van der Waals surface area contributed by atoms with Crippen LogP contribution in [-0.4, -0.2) is 31.5 Å². The number of hydrogen-bond donors (Lipinski definition) is 2. The van der Waals surface area contributed by atoms with Crippen LogP contribution in [0.25, 0.3) is 22.3 Å². The quantitative estimate of drug-likeness (QED) is 0.702. The maximum Gasteiger partial charge on any atom is 0.208 e. The van der Waals surface area contributed by atoms with E-state index in [1.807, 2.05) is 0 Å². The van der Waals surface area contributed by atoms with Crippen LogP contribution in [0.1, 0.15) is 0 Å². The molecule has 3 rings (SSSR count). The summed E-state index contributed by atoms with van der Waals surface area (Å²) in [6.07, 6.45) is 0. The molecule has 2 aromatic carbocycles. The van der Waals surface area contributed by atoms with E-state index in [1.165, 1.54) is 20.3 Å². The zero-order valence-corrected chi connectivity index (χ0v) is 13.8. The number of ether oxygens (including phenoxy) is 3. The standard InChI is InChI=1S/C18H16O7/c1-22-10-6-4-9(5-7-10)12-8-11(19)13-16(25-12)14(20)15(21)18(24-3)17(13)23-2/h4-8,20-21H,1-3H3. The van der Waals surface area contributed by atoms with Crippen LogP contribution in [0, 0.1) is 0 Å². The Kier molecular flexibility index (Phi) is 4.14. The molecule has 0 aliphatic heterocycles. The summed E-state index contributed by atoms with van der Waals surface area (Å²) in [5.74, 6) is -0.442. The lowest BCUT2D eigenvalue weighted by Crippen LogP contribution is -2.04. The Balaban J connectivity index is 2.32. The summed E-state index contributed by atoms with van der Waals surface area (Å²) < 4.78 is 21.0. The van der Waals surface area contributed by atoms with E-state index in [-0.39, 0.29) is 28.2 Å². The van der Waals surface area contributed by atoms with Crippen molar-refractivity contribution in [3.63, 3.8) is 0 Å². The smallest absolute Gasteiger partial charge is 0.208 e. The fraction of sp³-hybridized carbons (Fsp3) is 0.167. The maximum absolute atomic E-state index is 12.6. The summed E-state index contributed by atoms with van der Waals surface area (Å²) in [5, 5.41) is 20.3. The van der Waals surface area contributed by atoms with E-state index in [0.29, 0.717) is 11.3 Å². The molecule has 0 bridgehead atoms. The van der Waals surface area contributed by atoms with Gasteiger partial charge < -0.3 is 28.8 Å². The van der Waals surface area contributed by atoms with E-state index >= 15 is 0 Å². The van der Waals surface area contributed by atoms with Crippen LogP contribution in [-0.2, 0) is 0 Å². The summed E-state index contributed by atoms with van der Waals surface area (Å²) in [6, 6.07) is 8.13. The Morgan fingerprint density at radius 2 is 1.52 bits per heavy atom. The lowest BCUT2D eigenvalue weighted by molar-refractivity contribution is 0.322. The van der Waals surface area contributed by atoms with E-state index < -0.39 is 16.9 Å². The predicted molar refractivity (Wildman–Crippen MR) is 90.9 cm³/mol. The van der Waals surface area contributed by atoms with Gasteiger partial charge in [-0.25, -0.2) is 0 Å². The van der Waals surface area contributed by atoms with Gasteiger partial charge in [-0.3, -0.25) is 4.79 Å². The molecule has 3 aromatic rings. The normalized spacial score (nSPS) is 10.7. The summed E-state index contributed by atoms with van der Waals surface area (Å²) in [6.45, 7) is 0.